The van der Waals surface area contributed by atoms with E-state index < -0.39 is 12.1 Å². The molecule has 0 saturated carbocycles. The highest BCUT2D eigenvalue weighted by atomic mass is 16.6. The largest absolute Gasteiger partial charge is 0.477 e. The average molecular weight is 243 g/mol. The molecule has 0 radical (unpaired) electrons. The summed E-state index contributed by atoms with van der Waals surface area (Å²) in [7, 11) is 3.81. The second-order valence-corrected chi connectivity index (χ2v) is 4.31. The van der Waals surface area contributed by atoms with Crippen molar-refractivity contribution in [2.75, 3.05) is 20.6 Å². The van der Waals surface area contributed by atoms with Crippen molar-refractivity contribution in [2.45, 2.75) is 25.5 Å². The standard InChI is InChI=1S/C10H17N3O4/c1-6(5-13(2)3)11-9(14)8-4-7(10(15)16)12-17-8/h6,8H,4-5H2,1-3H3,(H,11,14)(H,15,16). The number of hydrogen-bond donors (Lipinski definition) is 2. The molecule has 96 valence electrons. The van der Waals surface area contributed by atoms with Gasteiger partial charge in [0.25, 0.3) is 5.91 Å². The van der Waals surface area contributed by atoms with Crippen molar-refractivity contribution in [2.24, 2.45) is 5.16 Å². The van der Waals surface area contributed by atoms with Crippen LogP contribution >= 0.6 is 0 Å². The molecule has 1 heterocycles. The van der Waals surface area contributed by atoms with E-state index in [9.17, 15) is 9.59 Å². The SMILES string of the molecule is CC(CN(C)C)NC(=O)C1CC(C(=O)O)=NO1. The van der Waals surface area contributed by atoms with E-state index in [1.807, 2.05) is 25.9 Å². The number of nitrogens with one attached hydrogen (secondary N) is 1. The van der Waals surface area contributed by atoms with Gasteiger partial charge >= 0.3 is 5.97 Å². The molecule has 1 amide bonds. The molecular weight excluding hydrogens is 226 g/mol. The fraction of sp³-hybridized carbons (Fsp3) is 0.700. The highest BCUT2D eigenvalue weighted by molar-refractivity contribution is 6.36. The number of carboxylic acid groups (broad SMARTS) is 1. The van der Waals surface area contributed by atoms with E-state index in [0.717, 1.165) is 0 Å². The number of carboxylic acids is 1. The van der Waals surface area contributed by atoms with Gasteiger partial charge in [-0.2, -0.15) is 0 Å². The summed E-state index contributed by atoms with van der Waals surface area (Å²) in [5.74, 6) is -1.49. The Hall–Kier alpha value is -1.63. The highest BCUT2D eigenvalue weighted by Gasteiger charge is 2.31. The van der Waals surface area contributed by atoms with Gasteiger partial charge in [0.2, 0.25) is 6.10 Å². The first-order chi connectivity index (χ1) is 7.90. The van der Waals surface area contributed by atoms with E-state index in [4.69, 9.17) is 9.94 Å². The Bertz CT molecular complexity index is 340. The van der Waals surface area contributed by atoms with Crippen molar-refractivity contribution in [3.05, 3.63) is 0 Å². The second-order valence-electron chi connectivity index (χ2n) is 4.31. The molecule has 1 rings (SSSR count). The van der Waals surface area contributed by atoms with Gasteiger partial charge in [-0.1, -0.05) is 5.16 Å². The number of amides is 1. The van der Waals surface area contributed by atoms with Crippen LogP contribution in [0.4, 0.5) is 0 Å². The molecule has 2 atom stereocenters. The molecule has 0 aromatic heterocycles. The van der Waals surface area contributed by atoms with Gasteiger partial charge in [0.1, 0.15) is 0 Å². The first-order valence-corrected chi connectivity index (χ1v) is 5.31. The van der Waals surface area contributed by atoms with Crippen LogP contribution < -0.4 is 5.32 Å². The quantitative estimate of drug-likeness (QED) is 0.665. The number of nitrogens with zero attached hydrogens (tertiary/aromatic N) is 2. The number of likely N-dealkylation sites (N-methyl/N-ethyl adjacent to an activating group) is 1. The van der Waals surface area contributed by atoms with Crippen molar-refractivity contribution in [3.8, 4) is 0 Å². The average Bonchev–Trinajstić information content (AvgIpc) is 2.64. The predicted octanol–water partition coefficient (Wildman–Crippen LogP) is -0.718. The molecule has 0 aliphatic carbocycles. The molecule has 2 N–H and O–H groups in total. The van der Waals surface area contributed by atoms with Crippen LogP contribution in [-0.2, 0) is 14.4 Å². The summed E-state index contributed by atoms with van der Waals surface area (Å²) < 4.78 is 0. The smallest absolute Gasteiger partial charge is 0.353 e. The Morgan fingerprint density at radius 1 is 1.65 bits per heavy atom. The lowest BCUT2D eigenvalue weighted by Gasteiger charge is -2.19. The van der Waals surface area contributed by atoms with Gasteiger partial charge < -0.3 is 20.2 Å². The molecule has 17 heavy (non-hydrogen) atoms. The van der Waals surface area contributed by atoms with Crippen LogP contribution in [0.15, 0.2) is 5.16 Å². The Morgan fingerprint density at radius 3 is 2.76 bits per heavy atom. The molecule has 7 nitrogen and oxygen atoms in total. The van der Waals surface area contributed by atoms with Crippen molar-refractivity contribution < 1.29 is 19.5 Å². The van der Waals surface area contributed by atoms with Crippen LogP contribution in [-0.4, -0.2) is 60.4 Å². The van der Waals surface area contributed by atoms with E-state index >= 15 is 0 Å². The fourth-order valence-electron chi connectivity index (χ4n) is 1.57. The van der Waals surface area contributed by atoms with Crippen molar-refractivity contribution in [1.82, 2.24) is 10.2 Å². The number of carbonyl (C=O) groups excluding carboxylic acids is 1. The lowest BCUT2D eigenvalue weighted by Crippen LogP contribution is -2.44. The molecule has 0 saturated heterocycles. The van der Waals surface area contributed by atoms with Crippen molar-refractivity contribution >= 4 is 17.6 Å². The minimum Gasteiger partial charge on any atom is -0.477 e. The first-order valence-electron chi connectivity index (χ1n) is 5.31. The Morgan fingerprint density at radius 2 is 2.29 bits per heavy atom. The Balaban J connectivity index is 2.38. The van der Waals surface area contributed by atoms with Gasteiger partial charge in [-0.3, -0.25) is 4.79 Å². The molecule has 1 aliphatic heterocycles. The van der Waals surface area contributed by atoms with Gasteiger partial charge in [0.05, 0.1) is 0 Å². The summed E-state index contributed by atoms with van der Waals surface area (Å²) in [5, 5.41) is 14.8. The highest BCUT2D eigenvalue weighted by Crippen LogP contribution is 2.11. The number of carbonyl (C=O) groups is 2. The topological polar surface area (TPSA) is 91.2 Å². The third-order valence-electron chi connectivity index (χ3n) is 2.24. The summed E-state index contributed by atoms with van der Waals surface area (Å²) in [6.07, 6.45) is -0.818. The number of oxime groups is 1. The fourth-order valence-corrected chi connectivity index (χ4v) is 1.57. The molecule has 0 fully saturated rings. The van der Waals surface area contributed by atoms with Gasteiger partial charge in [-0.15, -0.1) is 0 Å². The minimum atomic E-state index is -1.15. The van der Waals surface area contributed by atoms with Crippen molar-refractivity contribution in [1.29, 1.82) is 0 Å². The number of aliphatic carboxylic acids is 1. The third-order valence-corrected chi connectivity index (χ3v) is 2.24. The molecule has 0 aromatic carbocycles. The molecule has 2 unspecified atom stereocenters. The first kappa shape index (κ1) is 13.4. The lowest BCUT2D eigenvalue weighted by molar-refractivity contribution is -0.132. The summed E-state index contributed by atoms with van der Waals surface area (Å²) in [6, 6.07) is -0.0324. The number of rotatable bonds is 5. The third kappa shape index (κ3) is 4.03. The summed E-state index contributed by atoms with van der Waals surface area (Å²) in [5.41, 5.74) is -0.120. The summed E-state index contributed by atoms with van der Waals surface area (Å²) in [4.78, 5) is 29.0. The monoisotopic (exact) mass is 243 g/mol. The van der Waals surface area contributed by atoms with Crippen LogP contribution in [0.2, 0.25) is 0 Å². The van der Waals surface area contributed by atoms with Crippen molar-refractivity contribution in [3.63, 3.8) is 0 Å². The second kappa shape index (κ2) is 5.62. The van der Waals surface area contributed by atoms with Crippen LogP contribution in [0.1, 0.15) is 13.3 Å². The van der Waals surface area contributed by atoms with Crippen LogP contribution in [0, 0.1) is 0 Å². The van der Waals surface area contributed by atoms with Gasteiger partial charge in [0.15, 0.2) is 5.71 Å². The maximum absolute atomic E-state index is 11.7. The van der Waals surface area contributed by atoms with Gasteiger partial charge in [-0.25, -0.2) is 4.79 Å². The zero-order valence-electron chi connectivity index (χ0n) is 10.1. The zero-order valence-corrected chi connectivity index (χ0v) is 10.1. The van der Waals surface area contributed by atoms with E-state index in [1.165, 1.54) is 0 Å². The predicted molar refractivity (Wildman–Crippen MR) is 60.7 cm³/mol. The zero-order chi connectivity index (χ0) is 13.0. The molecule has 0 aromatic rings. The van der Waals surface area contributed by atoms with Crippen LogP contribution in [0.5, 0.6) is 0 Å². The van der Waals surface area contributed by atoms with E-state index in [-0.39, 0.29) is 24.1 Å². The Labute approximate surface area is 99.4 Å². The van der Waals surface area contributed by atoms with Gasteiger partial charge in [0, 0.05) is 19.0 Å². The molecular formula is C10H17N3O4. The lowest BCUT2D eigenvalue weighted by atomic mass is 10.1. The van der Waals surface area contributed by atoms with E-state index in [1.54, 1.807) is 0 Å². The molecule has 1 aliphatic rings. The summed E-state index contributed by atoms with van der Waals surface area (Å²) >= 11 is 0. The van der Waals surface area contributed by atoms with E-state index in [2.05, 4.69) is 10.5 Å². The van der Waals surface area contributed by atoms with Crippen LogP contribution in [0.25, 0.3) is 0 Å². The van der Waals surface area contributed by atoms with Gasteiger partial charge in [-0.05, 0) is 21.0 Å². The van der Waals surface area contributed by atoms with E-state index in [0.29, 0.717) is 6.54 Å². The molecule has 0 spiro atoms. The van der Waals surface area contributed by atoms with Crippen LogP contribution in [0.3, 0.4) is 0 Å². The Kier molecular flexibility index (Phi) is 4.45. The molecule has 7 heteroatoms. The number of hydrogen-bond acceptors (Lipinski definition) is 5. The molecule has 0 bridgehead atoms. The minimum absolute atomic E-state index is 0.00977. The maximum Gasteiger partial charge on any atom is 0.353 e. The summed E-state index contributed by atoms with van der Waals surface area (Å²) in [6.45, 7) is 2.57. The maximum atomic E-state index is 11.7. The normalized spacial score (nSPS) is 20.7.